The van der Waals surface area contributed by atoms with Crippen molar-refractivity contribution in [2.75, 3.05) is 4.72 Å². The molecule has 0 saturated carbocycles. The predicted octanol–water partition coefficient (Wildman–Crippen LogP) is 2.70. The van der Waals surface area contributed by atoms with Gasteiger partial charge in [-0.2, -0.15) is 0 Å². The summed E-state index contributed by atoms with van der Waals surface area (Å²) in [6.07, 6.45) is 0. The molecule has 0 radical (unpaired) electrons. The minimum Gasteiger partial charge on any atom is -0.326 e. The number of sulfonamides is 1. The number of hydrogen-bond donors (Lipinski definition) is 2. The van der Waals surface area contributed by atoms with Crippen LogP contribution in [-0.2, 0) is 16.6 Å². The summed E-state index contributed by atoms with van der Waals surface area (Å²) >= 11 is 0. The van der Waals surface area contributed by atoms with E-state index in [4.69, 9.17) is 5.73 Å². The van der Waals surface area contributed by atoms with Crippen molar-refractivity contribution in [2.24, 2.45) is 5.73 Å². The Labute approximate surface area is 123 Å². The first kappa shape index (κ1) is 15.5. The van der Waals surface area contributed by atoms with Crippen molar-refractivity contribution in [3.63, 3.8) is 0 Å². The molecule has 0 unspecified atom stereocenters. The maximum atomic E-state index is 13.4. The van der Waals surface area contributed by atoms with Crippen LogP contribution in [0, 0.1) is 19.7 Å². The molecule has 4 nitrogen and oxygen atoms in total. The molecule has 2 rings (SSSR count). The first-order valence-electron chi connectivity index (χ1n) is 6.42. The topological polar surface area (TPSA) is 72.2 Å². The lowest BCUT2D eigenvalue weighted by Gasteiger charge is -2.11. The third-order valence-electron chi connectivity index (χ3n) is 3.31. The number of anilines is 1. The van der Waals surface area contributed by atoms with Gasteiger partial charge in [-0.05, 0) is 55.3 Å². The molecule has 0 amide bonds. The quantitative estimate of drug-likeness (QED) is 0.912. The number of rotatable bonds is 4. The standard InChI is InChI=1S/C15H17FN2O2S/c1-10-3-4-13(7-11(10)2)18-21(19,20)14-5-6-15(16)12(8-14)9-17/h3-8,18H,9,17H2,1-2H3. The van der Waals surface area contributed by atoms with E-state index >= 15 is 0 Å². The lowest BCUT2D eigenvalue weighted by molar-refractivity contribution is 0.596. The predicted molar refractivity (Wildman–Crippen MR) is 81.0 cm³/mol. The Morgan fingerprint density at radius 3 is 2.43 bits per heavy atom. The zero-order chi connectivity index (χ0) is 15.6. The van der Waals surface area contributed by atoms with Crippen LogP contribution in [0.4, 0.5) is 10.1 Å². The van der Waals surface area contributed by atoms with Crippen LogP contribution in [0.15, 0.2) is 41.3 Å². The third kappa shape index (κ3) is 3.40. The maximum absolute atomic E-state index is 13.4. The summed E-state index contributed by atoms with van der Waals surface area (Å²) in [5.74, 6) is -0.511. The van der Waals surface area contributed by atoms with Crippen LogP contribution in [0.3, 0.4) is 0 Å². The Morgan fingerprint density at radius 2 is 1.81 bits per heavy atom. The minimum atomic E-state index is -3.76. The van der Waals surface area contributed by atoms with Crippen molar-refractivity contribution in [3.05, 3.63) is 58.9 Å². The molecule has 2 aromatic rings. The fourth-order valence-electron chi connectivity index (χ4n) is 1.89. The van der Waals surface area contributed by atoms with Crippen molar-refractivity contribution in [1.82, 2.24) is 0 Å². The molecule has 0 bridgehead atoms. The highest BCUT2D eigenvalue weighted by atomic mass is 32.2. The van der Waals surface area contributed by atoms with Crippen LogP contribution in [0.25, 0.3) is 0 Å². The second kappa shape index (κ2) is 5.83. The van der Waals surface area contributed by atoms with Gasteiger partial charge in [-0.3, -0.25) is 4.72 Å². The summed E-state index contributed by atoms with van der Waals surface area (Å²) in [5, 5.41) is 0. The number of hydrogen-bond acceptors (Lipinski definition) is 3. The summed E-state index contributed by atoms with van der Waals surface area (Å²) in [7, 11) is -3.76. The van der Waals surface area contributed by atoms with Gasteiger partial charge in [0.2, 0.25) is 0 Å². The molecule has 0 aliphatic carbocycles. The normalized spacial score (nSPS) is 11.4. The van der Waals surface area contributed by atoms with Gasteiger partial charge in [-0.15, -0.1) is 0 Å². The van der Waals surface area contributed by atoms with Crippen LogP contribution in [0.1, 0.15) is 16.7 Å². The van der Waals surface area contributed by atoms with Gasteiger partial charge in [-0.1, -0.05) is 6.07 Å². The van der Waals surface area contributed by atoms with Crippen molar-refractivity contribution < 1.29 is 12.8 Å². The molecule has 0 aromatic heterocycles. The molecular formula is C15H17FN2O2S. The Bertz CT molecular complexity index is 773. The van der Waals surface area contributed by atoms with E-state index in [9.17, 15) is 12.8 Å². The molecule has 0 heterocycles. The van der Waals surface area contributed by atoms with Gasteiger partial charge >= 0.3 is 0 Å². The zero-order valence-corrected chi connectivity index (χ0v) is 12.7. The molecular weight excluding hydrogens is 291 g/mol. The first-order valence-corrected chi connectivity index (χ1v) is 7.90. The molecule has 112 valence electrons. The van der Waals surface area contributed by atoms with Gasteiger partial charge in [0, 0.05) is 17.8 Å². The van der Waals surface area contributed by atoms with Gasteiger partial charge in [0.05, 0.1) is 4.90 Å². The second-order valence-corrected chi connectivity index (χ2v) is 6.54. The highest BCUT2D eigenvalue weighted by Gasteiger charge is 2.16. The minimum absolute atomic E-state index is 0.0115. The summed E-state index contributed by atoms with van der Waals surface area (Å²) in [6.45, 7) is 3.79. The van der Waals surface area contributed by atoms with E-state index in [-0.39, 0.29) is 17.0 Å². The highest BCUT2D eigenvalue weighted by molar-refractivity contribution is 7.92. The second-order valence-electron chi connectivity index (χ2n) is 4.86. The van der Waals surface area contributed by atoms with Crippen molar-refractivity contribution in [1.29, 1.82) is 0 Å². The smallest absolute Gasteiger partial charge is 0.261 e. The van der Waals surface area contributed by atoms with E-state index < -0.39 is 15.8 Å². The van der Waals surface area contributed by atoms with Crippen LogP contribution in [-0.4, -0.2) is 8.42 Å². The number of benzene rings is 2. The van der Waals surface area contributed by atoms with Gasteiger partial charge in [0.25, 0.3) is 10.0 Å². The lowest BCUT2D eigenvalue weighted by atomic mass is 10.1. The van der Waals surface area contributed by atoms with Gasteiger partial charge in [0.15, 0.2) is 0 Å². The SMILES string of the molecule is Cc1ccc(NS(=O)(=O)c2ccc(F)c(CN)c2)cc1C. The Balaban J connectivity index is 2.35. The van der Waals surface area contributed by atoms with Crippen molar-refractivity contribution in [2.45, 2.75) is 25.3 Å². The highest BCUT2D eigenvalue weighted by Crippen LogP contribution is 2.20. The van der Waals surface area contributed by atoms with E-state index in [1.807, 2.05) is 19.9 Å². The van der Waals surface area contributed by atoms with E-state index in [1.54, 1.807) is 12.1 Å². The number of aryl methyl sites for hydroxylation is 2. The maximum Gasteiger partial charge on any atom is 0.261 e. The molecule has 21 heavy (non-hydrogen) atoms. The van der Waals surface area contributed by atoms with Crippen LogP contribution in [0.2, 0.25) is 0 Å². The summed E-state index contributed by atoms with van der Waals surface area (Å²) in [5.41, 5.74) is 8.09. The van der Waals surface area contributed by atoms with Crippen LogP contribution >= 0.6 is 0 Å². The molecule has 0 atom stereocenters. The molecule has 0 aliphatic rings. The number of nitrogens with one attached hydrogen (secondary N) is 1. The monoisotopic (exact) mass is 308 g/mol. The molecule has 6 heteroatoms. The fourth-order valence-corrected chi connectivity index (χ4v) is 2.99. The van der Waals surface area contributed by atoms with E-state index in [0.29, 0.717) is 5.69 Å². The zero-order valence-electron chi connectivity index (χ0n) is 11.9. The molecule has 0 aliphatic heterocycles. The number of halogens is 1. The van der Waals surface area contributed by atoms with Crippen molar-refractivity contribution in [3.8, 4) is 0 Å². The van der Waals surface area contributed by atoms with E-state index in [0.717, 1.165) is 17.2 Å². The van der Waals surface area contributed by atoms with Crippen molar-refractivity contribution >= 4 is 15.7 Å². The van der Waals surface area contributed by atoms with Gasteiger partial charge in [-0.25, -0.2) is 12.8 Å². The summed E-state index contributed by atoms with van der Waals surface area (Å²) in [6, 6.07) is 8.85. The van der Waals surface area contributed by atoms with Crippen LogP contribution in [0.5, 0.6) is 0 Å². The number of nitrogens with two attached hydrogens (primary N) is 1. The Hall–Kier alpha value is -1.92. The molecule has 0 saturated heterocycles. The summed E-state index contributed by atoms with van der Waals surface area (Å²) in [4.78, 5) is -0.0115. The van der Waals surface area contributed by atoms with Crippen LogP contribution < -0.4 is 10.5 Å². The third-order valence-corrected chi connectivity index (χ3v) is 4.69. The lowest BCUT2D eigenvalue weighted by Crippen LogP contribution is -2.14. The first-order chi connectivity index (χ1) is 9.83. The molecule has 0 fully saturated rings. The fraction of sp³-hybridized carbons (Fsp3) is 0.200. The average Bonchev–Trinajstić information content (AvgIpc) is 2.43. The molecule has 3 N–H and O–H groups in total. The Morgan fingerprint density at radius 1 is 1.10 bits per heavy atom. The average molecular weight is 308 g/mol. The van der Waals surface area contributed by atoms with E-state index in [2.05, 4.69) is 4.72 Å². The Kier molecular flexibility index (Phi) is 4.29. The van der Waals surface area contributed by atoms with Gasteiger partial charge in [0.1, 0.15) is 5.82 Å². The summed E-state index contributed by atoms with van der Waals surface area (Å²) < 4.78 is 40.5. The molecule has 0 spiro atoms. The van der Waals surface area contributed by atoms with Gasteiger partial charge < -0.3 is 5.73 Å². The molecule has 2 aromatic carbocycles. The largest absolute Gasteiger partial charge is 0.326 e. The van der Waals surface area contributed by atoms with E-state index in [1.165, 1.54) is 12.1 Å².